The van der Waals surface area contributed by atoms with Gasteiger partial charge in [0, 0.05) is 11.4 Å². The van der Waals surface area contributed by atoms with Gasteiger partial charge in [0.05, 0.1) is 6.04 Å². The number of hydrogen-bond donors (Lipinski definition) is 4. The van der Waals surface area contributed by atoms with Crippen LogP contribution in [0, 0.1) is 0 Å². The molecule has 17 heavy (non-hydrogen) atoms. The lowest BCUT2D eigenvalue weighted by molar-refractivity contribution is -0.139. The van der Waals surface area contributed by atoms with Gasteiger partial charge in [-0.25, -0.2) is 0 Å². The van der Waals surface area contributed by atoms with Crippen molar-refractivity contribution in [1.29, 1.82) is 0 Å². The number of hydrogen-bond acceptors (Lipinski definition) is 4. The molecule has 0 aromatic heterocycles. The third kappa shape index (κ3) is 3.58. The topological polar surface area (TPSA) is 101 Å². The van der Waals surface area contributed by atoms with E-state index < -0.39 is 18.1 Å². The quantitative estimate of drug-likeness (QED) is 0.611. The number of nitrogens with one attached hydrogen (secondary N) is 1. The molecular weight excluding hydrogens is 218 g/mol. The van der Waals surface area contributed by atoms with Crippen molar-refractivity contribution in [2.45, 2.75) is 19.0 Å². The summed E-state index contributed by atoms with van der Waals surface area (Å²) in [6, 6.07) is 5.29. The molecular formula is C12H17N3O2. The number of rotatable bonds is 5. The zero-order valence-corrected chi connectivity index (χ0v) is 9.68. The number of carboxylic acids is 1. The average Bonchev–Trinajstić information content (AvgIpc) is 2.27. The Balaban J connectivity index is 2.80. The highest BCUT2D eigenvalue weighted by molar-refractivity contribution is 5.74. The molecule has 0 radical (unpaired) electrons. The highest BCUT2D eigenvalue weighted by atomic mass is 16.4. The van der Waals surface area contributed by atoms with Crippen LogP contribution >= 0.6 is 0 Å². The van der Waals surface area contributed by atoms with Crippen molar-refractivity contribution < 1.29 is 9.90 Å². The van der Waals surface area contributed by atoms with Gasteiger partial charge < -0.3 is 21.9 Å². The van der Waals surface area contributed by atoms with Gasteiger partial charge in [-0.1, -0.05) is 18.7 Å². The molecule has 2 unspecified atom stereocenters. The first-order valence-corrected chi connectivity index (χ1v) is 5.18. The summed E-state index contributed by atoms with van der Waals surface area (Å²) in [7, 11) is 0. The summed E-state index contributed by atoms with van der Waals surface area (Å²) in [4.78, 5) is 10.7. The van der Waals surface area contributed by atoms with E-state index >= 15 is 0 Å². The second-order valence-corrected chi connectivity index (χ2v) is 3.92. The molecule has 2 atom stereocenters. The largest absolute Gasteiger partial charge is 0.480 e. The van der Waals surface area contributed by atoms with Crippen LogP contribution in [-0.2, 0) is 4.79 Å². The van der Waals surface area contributed by atoms with Gasteiger partial charge in [0.1, 0.15) is 6.04 Å². The second kappa shape index (κ2) is 5.47. The highest BCUT2D eigenvalue weighted by Crippen LogP contribution is 2.17. The van der Waals surface area contributed by atoms with Gasteiger partial charge in [-0.15, -0.1) is 0 Å². The SMILES string of the molecule is C=C(C)Nc1ccc(C(N)C(N)C(=O)O)cc1. The molecule has 0 heterocycles. The molecule has 1 aromatic carbocycles. The van der Waals surface area contributed by atoms with Gasteiger partial charge in [-0.3, -0.25) is 4.79 Å². The van der Waals surface area contributed by atoms with Crippen LogP contribution in [0.15, 0.2) is 36.5 Å². The van der Waals surface area contributed by atoms with Crippen LogP contribution in [0.1, 0.15) is 18.5 Å². The molecule has 0 saturated heterocycles. The Labute approximate surface area is 100 Å². The lowest BCUT2D eigenvalue weighted by Gasteiger charge is -2.16. The molecule has 0 bridgehead atoms. The molecule has 0 aliphatic rings. The van der Waals surface area contributed by atoms with Gasteiger partial charge in [-0.2, -0.15) is 0 Å². The van der Waals surface area contributed by atoms with Crippen LogP contribution in [0.5, 0.6) is 0 Å². The van der Waals surface area contributed by atoms with E-state index in [1.807, 2.05) is 6.92 Å². The highest BCUT2D eigenvalue weighted by Gasteiger charge is 2.21. The molecule has 0 spiro atoms. The smallest absolute Gasteiger partial charge is 0.322 e. The maximum absolute atomic E-state index is 10.7. The van der Waals surface area contributed by atoms with E-state index in [4.69, 9.17) is 16.6 Å². The number of allylic oxidation sites excluding steroid dienone is 1. The van der Waals surface area contributed by atoms with E-state index in [0.717, 1.165) is 11.4 Å². The van der Waals surface area contributed by atoms with Crippen molar-refractivity contribution in [3.8, 4) is 0 Å². The summed E-state index contributed by atoms with van der Waals surface area (Å²) >= 11 is 0. The lowest BCUT2D eigenvalue weighted by atomic mass is 10.0. The third-order valence-corrected chi connectivity index (χ3v) is 2.33. The van der Waals surface area contributed by atoms with Gasteiger partial charge >= 0.3 is 5.97 Å². The van der Waals surface area contributed by atoms with Crippen LogP contribution in [-0.4, -0.2) is 17.1 Å². The Hall–Kier alpha value is -1.85. The van der Waals surface area contributed by atoms with Gasteiger partial charge in [-0.05, 0) is 24.6 Å². The number of aliphatic carboxylic acids is 1. The first-order valence-electron chi connectivity index (χ1n) is 5.18. The summed E-state index contributed by atoms with van der Waals surface area (Å²) in [6.07, 6.45) is 0. The second-order valence-electron chi connectivity index (χ2n) is 3.92. The maximum atomic E-state index is 10.7. The van der Waals surface area contributed by atoms with Crippen LogP contribution in [0.25, 0.3) is 0 Å². The molecule has 0 saturated carbocycles. The number of carbonyl (C=O) groups is 1. The van der Waals surface area contributed by atoms with Crippen LogP contribution in [0.3, 0.4) is 0 Å². The molecule has 1 aromatic rings. The van der Waals surface area contributed by atoms with E-state index in [-0.39, 0.29) is 0 Å². The number of nitrogens with two attached hydrogens (primary N) is 2. The average molecular weight is 235 g/mol. The minimum absolute atomic E-state index is 0.687. The molecule has 5 nitrogen and oxygen atoms in total. The maximum Gasteiger partial charge on any atom is 0.322 e. The summed E-state index contributed by atoms with van der Waals surface area (Å²) in [6.45, 7) is 5.57. The summed E-state index contributed by atoms with van der Waals surface area (Å²) < 4.78 is 0. The van der Waals surface area contributed by atoms with Crippen molar-refractivity contribution in [1.82, 2.24) is 0 Å². The zero-order chi connectivity index (χ0) is 13.0. The third-order valence-electron chi connectivity index (χ3n) is 2.33. The molecule has 92 valence electrons. The molecule has 5 heteroatoms. The van der Waals surface area contributed by atoms with E-state index in [0.29, 0.717) is 5.56 Å². The van der Waals surface area contributed by atoms with Crippen LogP contribution in [0.4, 0.5) is 5.69 Å². The fourth-order valence-corrected chi connectivity index (χ4v) is 1.40. The normalized spacial score (nSPS) is 13.8. The monoisotopic (exact) mass is 235 g/mol. The van der Waals surface area contributed by atoms with Crippen LogP contribution in [0.2, 0.25) is 0 Å². The Morgan fingerprint density at radius 1 is 1.35 bits per heavy atom. The van der Waals surface area contributed by atoms with E-state index in [1.54, 1.807) is 24.3 Å². The Kier molecular flexibility index (Phi) is 4.25. The minimum Gasteiger partial charge on any atom is -0.480 e. The summed E-state index contributed by atoms with van der Waals surface area (Å²) in [5.41, 5.74) is 13.6. The first-order chi connectivity index (χ1) is 7.91. The van der Waals surface area contributed by atoms with Crippen molar-refractivity contribution in [2.24, 2.45) is 11.5 Å². The Morgan fingerprint density at radius 2 is 1.88 bits per heavy atom. The van der Waals surface area contributed by atoms with Gasteiger partial charge in [0.15, 0.2) is 0 Å². The van der Waals surface area contributed by atoms with Crippen molar-refractivity contribution >= 4 is 11.7 Å². The molecule has 0 fully saturated rings. The molecule has 0 aliphatic carbocycles. The predicted octanol–water partition coefficient (Wildman–Crippen LogP) is 1.04. The molecule has 0 aliphatic heterocycles. The van der Waals surface area contributed by atoms with Crippen LogP contribution < -0.4 is 16.8 Å². The van der Waals surface area contributed by atoms with Gasteiger partial charge in [0.25, 0.3) is 0 Å². The Morgan fingerprint density at radius 3 is 2.29 bits per heavy atom. The fraction of sp³-hybridized carbons (Fsp3) is 0.250. The van der Waals surface area contributed by atoms with E-state index in [9.17, 15) is 4.79 Å². The Bertz CT molecular complexity index is 414. The zero-order valence-electron chi connectivity index (χ0n) is 9.68. The minimum atomic E-state index is -1.11. The number of benzene rings is 1. The van der Waals surface area contributed by atoms with Gasteiger partial charge in [0.2, 0.25) is 0 Å². The van der Waals surface area contributed by atoms with E-state index in [2.05, 4.69) is 11.9 Å². The van der Waals surface area contributed by atoms with E-state index in [1.165, 1.54) is 0 Å². The number of carboxylic acid groups (broad SMARTS) is 1. The van der Waals surface area contributed by atoms with Crippen molar-refractivity contribution in [3.63, 3.8) is 0 Å². The molecule has 6 N–H and O–H groups in total. The summed E-state index contributed by atoms with van der Waals surface area (Å²) in [5.74, 6) is -1.11. The first kappa shape index (κ1) is 13.2. The number of anilines is 1. The molecule has 1 rings (SSSR count). The summed E-state index contributed by atoms with van der Waals surface area (Å²) in [5, 5.41) is 11.8. The molecule has 0 amide bonds. The predicted molar refractivity (Wildman–Crippen MR) is 67.4 cm³/mol. The van der Waals surface area contributed by atoms with Crippen molar-refractivity contribution in [3.05, 3.63) is 42.1 Å². The fourth-order valence-electron chi connectivity index (χ4n) is 1.40. The van der Waals surface area contributed by atoms with Crippen molar-refractivity contribution in [2.75, 3.05) is 5.32 Å². The lowest BCUT2D eigenvalue weighted by Crippen LogP contribution is -2.40. The standard InChI is InChI=1S/C12H17N3O2/c1-7(2)15-9-5-3-8(4-6-9)10(13)11(14)12(16)17/h3-6,10-11,15H,1,13-14H2,2H3,(H,16,17).